The second kappa shape index (κ2) is 5.47. The lowest BCUT2D eigenvalue weighted by atomic mass is 10.0. The summed E-state index contributed by atoms with van der Waals surface area (Å²) < 4.78 is 26.9. The van der Waals surface area contributed by atoms with Crippen LogP contribution in [0.5, 0.6) is 0 Å². The predicted octanol–water partition coefficient (Wildman–Crippen LogP) is 3.20. The van der Waals surface area contributed by atoms with E-state index in [4.69, 9.17) is 0 Å². The number of anilines is 1. The average molecular weight is 288 g/mol. The Morgan fingerprint density at radius 1 is 1.14 bits per heavy atom. The van der Waals surface area contributed by atoms with Crippen molar-refractivity contribution < 1.29 is 8.78 Å². The van der Waals surface area contributed by atoms with E-state index in [-0.39, 0.29) is 5.69 Å². The molecule has 0 aliphatic carbocycles. The SMILES string of the molecule is Cc1cc(CCNc2c(F)cncc2F)c2cn[nH]c2c1. The summed E-state index contributed by atoms with van der Waals surface area (Å²) in [5.74, 6) is -1.37. The molecular formula is C15H14F2N4. The first-order chi connectivity index (χ1) is 10.1. The predicted molar refractivity (Wildman–Crippen MR) is 77.2 cm³/mol. The molecule has 1 aromatic carbocycles. The number of aromatic nitrogens is 3. The summed E-state index contributed by atoms with van der Waals surface area (Å²) >= 11 is 0. The minimum Gasteiger partial charge on any atom is -0.380 e. The minimum absolute atomic E-state index is 0.138. The standard InChI is InChI=1S/C15H14F2N4/c1-9-4-10(11-6-20-21-14(11)5-9)2-3-19-15-12(16)7-18-8-13(15)17/h4-8H,2-3H2,1H3,(H,18,19)(H,20,21). The highest BCUT2D eigenvalue weighted by molar-refractivity contribution is 5.82. The van der Waals surface area contributed by atoms with Crippen LogP contribution in [0.2, 0.25) is 0 Å². The molecule has 108 valence electrons. The fourth-order valence-corrected chi connectivity index (χ4v) is 2.39. The van der Waals surface area contributed by atoms with Crippen LogP contribution in [-0.2, 0) is 6.42 Å². The van der Waals surface area contributed by atoms with Crippen molar-refractivity contribution in [3.05, 3.63) is 53.5 Å². The first kappa shape index (κ1) is 13.5. The average Bonchev–Trinajstić information content (AvgIpc) is 2.90. The van der Waals surface area contributed by atoms with Crippen LogP contribution in [0.1, 0.15) is 11.1 Å². The van der Waals surface area contributed by atoms with Crippen LogP contribution in [0.3, 0.4) is 0 Å². The quantitative estimate of drug-likeness (QED) is 0.775. The molecule has 0 saturated heterocycles. The Hall–Kier alpha value is -2.50. The van der Waals surface area contributed by atoms with Gasteiger partial charge < -0.3 is 5.32 Å². The molecule has 4 nitrogen and oxygen atoms in total. The Bertz CT molecular complexity index is 762. The third-order valence-electron chi connectivity index (χ3n) is 3.34. The number of aromatic amines is 1. The van der Waals surface area contributed by atoms with E-state index < -0.39 is 11.6 Å². The highest BCUT2D eigenvalue weighted by Gasteiger charge is 2.09. The number of benzene rings is 1. The number of halogens is 2. The van der Waals surface area contributed by atoms with Gasteiger partial charge in [0, 0.05) is 11.9 Å². The monoisotopic (exact) mass is 288 g/mol. The number of pyridine rings is 1. The molecule has 3 rings (SSSR count). The Labute approximate surface area is 120 Å². The van der Waals surface area contributed by atoms with E-state index in [9.17, 15) is 8.78 Å². The van der Waals surface area contributed by atoms with Gasteiger partial charge in [-0.1, -0.05) is 6.07 Å². The molecule has 0 aliphatic heterocycles. The first-order valence-corrected chi connectivity index (χ1v) is 6.60. The molecule has 0 spiro atoms. The molecule has 6 heteroatoms. The molecule has 2 heterocycles. The zero-order valence-corrected chi connectivity index (χ0v) is 11.5. The lowest BCUT2D eigenvalue weighted by Gasteiger charge is -2.09. The van der Waals surface area contributed by atoms with Crippen LogP contribution in [0.15, 0.2) is 30.7 Å². The van der Waals surface area contributed by atoms with Crippen LogP contribution in [0, 0.1) is 18.6 Å². The third-order valence-corrected chi connectivity index (χ3v) is 3.34. The van der Waals surface area contributed by atoms with Gasteiger partial charge in [0.15, 0.2) is 11.6 Å². The fourth-order valence-electron chi connectivity index (χ4n) is 2.39. The molecule has 2 aromatic heterocycles. The van der Waals surface area contributed by atoms with Gasteiger partial charge in [0.1, 0.15) is 5.69 Å². The van der Waals surface area contributed by atoms with E-state index in [0.29, 0.717) is 13.0 Å². The van der Waals surface area contributed by atoms with Gasteiger partial charge in [-0.15, -0.1) is 0 Å². The number of nitrogens with zero attached hydrogens (tertiary/aromatic N) is 2. The van der Waals surface area contributed by atoms with Crippen LogP contribution in [0.4, 0.5) is 14.5 Å². The molecule has 0 aliphatic rings. The van der Waals surface area contributed by atoms with Crippen molar-refractivity contribution in [3.8, 4) is 0 Å². The van der Waals surface area contributed by atoms with E-state index in [1.54, 1.807) is 6.20 Å². The largest absolute Gasteiger partial charge is 0.380 e. The van der Waals surface area contributed by atoms with E-state index in [1.807, 2.05) is 13.0 Å². The molecule has 0 saturated carbocycles. The van der Waals surface area contributed by atoms with Gasteiger partial charge in [-0.05, 0) is 30.5 Å². The van der Waals surface area contributed by atoms with Crippen molar-refractivity contribution in [3.63, 3.8) is 0 Å². The van der Waals surface area contributed by atoms with Crippen molar-refractivity contribution in [2.45, 2.75) is 13.3 Å². The topological polar surface area (TPSA) is 53.6 Å². The Balaban J connectivity index is 1.77. The zero-order valence-electron chi connectivity index (χ0n) is 11.5. The van der Waals surface area contributed by atoms with Gasteiger partial charge in [-0.25, -0.2) is 8.78 Å². The van der Waals surface area contributed by atoms with Gasteiger partial charge in [0.05, 0.1) is 24.1 Å². The number of nitrogens with one attached hydrogen (secondary N) is 2. The molecule has 0 atom stereocenters. The number of aryl methyl sites for hydroxylation is 1. The van der Waals surface area contributed by atoms with Crippen molar-refractivity contribution in [1.29, 1.82) is 0 Å². The molecule has 2 N–H and O–H groups in total. The van der Waals surface area contributed by atoms with Crippen molar-refractivity contribution in [2.24, 2.45) is 0 Å². The normalized spacial score (nSPS) is 11.0. The fraction of sp³-hybridized carbons (Fsp3) is 0.200. The highest BCUT2D eigenvalue weighted by Crippen LogP contribution is 2.20. The van der Waals surface area contributed by atoms with Crippen molar-refractivity contribution in [2.75, 3.05) is 11.9 Å². The summed E-state index contributed by atoms with van der Waals surface area (Å²) in [6.45, 7) is 2.42. The van der Waals surface area contributed by atoms with Gasteiger partial charge >= 0.3 is 0 Å². The zero-order chi connectivity index (χ0) is 14.8. The van der Waals surface area contributed by atoms with Gasteiger partial charge in [0.25, 0.3) is 0 Å². The minimum atomic E-state index is -0.687. The summed E-state index contributed by atoms with van der Waals surface area (Å²) in [6.07, 6.45) is 4.38. The molecule has 21 heavy (non-hydrogen) atoms. The second-order valence-electron chi connectivity index (χ2n) is 4.91. The maximum atomic E-state index is 13.5. The Kier molecular flexibility index (Phi) is 3.51. The summed E-state index contributed by atoms with van der Waals surface area (Å²) in [5.41, 5.74) is 3.02. The summed E-state index contributed by atoms with van der Waals surface area (Å²) in [4.78, 5) is 3.45. The van der Waals surface area contributed by atoms with Crippen LogP contribution >= 0.6 is 0 Å². The highest BCUT2D eigenvalue weighted by atomic mass is 19.1. The summed E-state index contributed by atoms with van der Waals surface area (Å²) in [6, 6.07) is 4.07. The molecule has 0 unspecified atom stereocenters. The maximum Gasteiger partial charge on any atom is 0.167 e. The van der Waals surface area contributed by atoms with Crippen LogP contribution < -0.4 is 5.32 Å². The van der Waals surface area contributed by atoms with Crippen LogP contribution in [0.25, 0.3) is 10.9 Å². The Morgan fingerprint density at radius 2 is 1.90 bits per heavy atom. The second-order valence-corrected chi connectivity index (χ2v) is 4.91. The van der Waals surface area contributed by atoms with Gasteiger partial charge in [0.2, 0.25) is 0 Å². The molecule has 0 radical (unpaired) electrons. The maximum absolute atomic E-state index is 13.5. The van der Waals surface area contributed by atoms with E-state index >= 15 is 0 Å². The van der Waals surface area contributed by atoms with Gasteiger partial charge in [-0.2, -0.15) is 5.10 Å². The lowest BCUT2D eigenvalue weighted by molar-refractivity contribution is 0.578. The summed E-state index contributed by atoms with van der Waals surface area (Å²) in [5, 5.41) is 10.8. The molecule has 3 aromatic rings. The molecule has 0 amide bonds. The number of H-pyrrole nitrogens is 1. The number of hydrogen-bond donors (Lipinski definition) is 2. The smallest absolute Gasteiger partial charge is 0.167 e. The van der Waals surface area contributed by atoms with Gasteiger partial charge in [-0.3, -0.25) is 10.1 Å². The van der Waals surface area contributed by atoms with E-state index in [0.717, 1.165) is 34.4 Å². The van der Waals surface area contributed by atoms with E-state index in [1.165, 1.54) is 0 Å². The van der Waals surface area contributed by atoms with Crippen molar-refractivity contribution >= 4 is 16.6 Å². The molecule has 0 fully saturated rings. The number of fused-ring (bicyclic) bond motifs is 1. The van der Waals surface area contributed by atoms with Crippen LogP contribution in [-0.4, -0.2) is 21.7 Å². The number of rotatable bonds is 4. The van der Waals surface area contributed by atoms with E-state index in [2.05, 4.69) is 26.6 Å². The third kappa shape index (κ3) is 2.69. The Morgan fingerprint density at radius 3 is 2.67 bits per heavy atom. The first-order valence-electron chi connectivity index (χ1n) is 6.60. The van der Waals surface area contributed by atoms with Crippen molar-refractivity contribution in [1.82, 2.24) is 15.2 Å². The summed E-state index contributed by atoms with van der Waals surface area (Å²) in [7, 11) is 0. The lowest BCUT2D eigenvalue weighted by Crippen LogP contribution is -2.08. The molecule has 0 bridgehead atoms. The number of hydrogen-bond acceptors (Lipinski definition) is 3. The molecular weight excluding hydrogens is 274 g/mol.